The molecular weight excluding hydrogens is 258 g/mol. The molecule has 1 aliphatic rings. The normalized spacial score (nSPS) is 14.1. The van der Waals surface area contributed by atoms with Gasteiger partial charge >= 0.3 is 5.69 Å². The predicted octanol–water partition coefficient (Wildman–Crippen LogP) is 3.36. The molecule has 0 unspecified atom stereocenters. The van der Waals surface area contributed by atoms with Crippen LogP contribution in [0.25, 0.3) is 0 Å². The van der Waals surface area contributed by atoms with Gasteiger partial charge in [-0.15, -0.1) is 0 Å². The highest BCUT2D eigenvalue weighted by molar-refractivity contribution is 5.53. The number of ether oxygens (including phenoxy) is 1. The molecule has 1 aromatic carbocycles. The third-order valence-corrected chi connectivity index (χ3v) is 3.19. The molecule has 0 atom stereocenters. The minimum absolute atomic E-state index is 0.0286. The molecule has 20 heavy (non-hydrogen) atoms. The maximum Gasteiger partial charge on any atom is 0.314 e. The Balaban J connectivity index is 1.93. The van der Waals surface area contributed by atoms with Gasteiger partial charge in [0, 0.05) is 23.7 Å². The van der Waals surface area contributed by atoms with Crippen molar-refractivity contribution in [2.75, 3.05) is 0 Å². The average molecular weight is 271 g/mol. The summed E-state index contributed by atoms with van der Waals surface area (Å²) in [6, 6.07) is 6.59. The van der Waals surface area contributed by atoms with Crippen LogP contribution in [0.1, 0.15) is 30.1 Å². The van der Waals surface area contributed by atoms with E-state index in [1.807, 2.05) is 0 Å². The summed E-state index contributed by atoms with van der Waals surface area (Å²) >= 11 is 0. The first-order valence-corrected chi connectivity index (χ1v) is 6.40. The lowest BCUT2D eigenvalue weighted by Crippen LogP contribution is -1.99. The average Bonchev–Trinajstić information content (AvgIpc) is 3.23. The third-order valence-electron chi connectivity index (χ3n) is 3.19. The summed E-state index contributed by atoms with van der Waals surface area (Å²) in [5.41, 5.74) is 0.531. The van der Waals surface area contributed by atoms with Gasteiger partial charge in [0.1, 0.15) is 5.82 Å². The molecule has 1 saturated carbocycles. The topological polar surface area (TPSA) is 78.2 Å². The molecule has 2 aromatic rings. The first-order valence-electron chi connectivity index (χ1n) is 6.40. The zero-order chi connectivity index (χ0) is 14.1. The van der Waals surface area contributed by atoms with Crippen molar-refractivity contribution in [1.82, 2.24) is 9.97 Å². The summed E-state index contributed by atoms with van der Waals surface area (Å²) in [5, 5.41) is 11.1. The molecule has 1 aromatic heterocycles. The van der Waals surface area contributed by atoms with Crippen molar-refractivity contribution in [3.63, 3.8) is 0 Å². The van der Waals surface area contributed by atoms with Crippen LogP contribution in [-0.2, 0) is 0 Å². The smallest absolute Gasteiger partial charge is 0.314 e. The van der Waals surface area contributed by atoms with Gasteiger partial charge in [-0.05, 0) is 25.8 Å². The zero-order valence-corrected chi connectivity index (χ0v) is 10.9. The number of hydrogen-bond donors (Lipinski definition) is 0. The van der Waals surface area contributed by atoms with Crippen molar-refractivity contribution in [3.8, 4) is 11.6 Å². The van der Waals surface area contributed by atoms with E-state index >= 15 is 0 Å². The number of para-hydroxylation sites is 1. The number of nitro benzene ring substituents is 1. The zero-order valence-electron chi connectivity index (χ0n) is 10.9. The van der Waals surface area contributed by atoms with Gasteiger partial charge in [0.15, 0.2) is 0 Å². The summed E-state index contributed by atoms with van der Waals surface area (Å²) in [5.74, 6) is 1.70. The largest absolute Gasteiger partial charge is 0.432 e. The summed E-state index contributed by atoms with van der Waals surface area (Å²) in [4.78, 5) is 19.2. The van der Waals surface area contributed by atoms with Crippen LogP contribution >= 0.6 is 0 Å². The van der Waals surface area contributed by atoms with E-state index in [2.05, 4.69) is 9.97 Å². The van der Waals surface area contributed by atoms with Crippen molar-refractivity contribution in [2.45, 2.75) is 25.7 Å². The Bertz CT molecular complexity index is 668. The molecule has 0 N–H and O–H groups in total. The van der Waals surface area contributed by atoms with E-state index in [4.69, 9.17) is 4.74 Å². The Kier molecular flexibility index (Phi) is 3.06. The standard InChI is InChI=1S/C14H13N3O3/c1-9-3-2-4-11(13(9)17(18)19)20-12-7-8-15-14(16-12)10-5-6-10/h2-4,7-8,10H,5-6H2,1H3. The summed E-state index contributed by atoms with van der Waals surface area (Å²) in [6.45, 7) is 1.68. The maximum absolute atomic E-state index is 11.1. The van der Waals surface area contributed by atoms with E-state index in [1.54, 1.807) is 37.4 Å². The number of nitrogens with zero attached hydrogens (tertiary/aromatic N) is 3. The van der Waals surface area contributed by atoms with Gasteiger partial charge in [0.2, 0.25) is 11.6 Å². The van der Waals surface area contributed by atoms with E-state index in [0.29, 0.717) is 17.4 Å². The van der Waals surface area contributed by atoms with E-state index in [9.17, 15) is 10.1 Å². The predicted molar refractivity (Wildman–Crippen MR) is 71.9 cm³/mol. The van der Waals surface area contributed by atoms with Gasteiger partial charge in [0.25, 0.3) is 0 Å². The summed E-state index contributed by atoms with van der Waals surface area (Å²) in [7, 11) is 0. The lowest BCUT2D eigenvalue weighted by molar-refractivity contribution is -0.386. The second kappa shape index (κ2) is 4.88. The second-order valence-electron chi connectivity index (χ2n) is 4.81. The molecule has 3 rings (SSSR count). The molecule has 6 nitrogen and oxygen atoms in total. The lowest BCUT2D eigenvalue weighted by atomic mass is 10.2. The molecule has 1 fully saturated rings. The monoisotopic (exact) mass is 271 g/mol. The fourth-order valence-electron chi connectivity index (χ4n) is 2.01. The van der Waals surface area contributed by atoms with Crippen LogP contribution in [0.4, 0.5) is 5.69 Å². The molecular formula is C14H13N3O3. The molecule has 0 bridgehead atoms. The number of nitro groups is 1. The van der Waals surface area contributed by atoms with Crippen LogP contribution in [0.2, 0.25) is 0 Å². The van der Waals surface area contributed by atoms with Crippen molar-refractivity contribution < 1.29 is 9.66 Å². The highest BCUT2D eigenvalue weighted by atomic mass is 16.6. The van der Waals surface area contributed by atoms with Crippen LogP contribution in [0, 0.1) is 17.0 Å². The van der Waals surface area contributed by atoms with E-state index in [1.165, 1.54) is 0 Å². The van der Waals surface area contributed by atoms with Gasteiger partial charge in [-0.2, -0.15) is 4.98 Å². The Morgan fingerprint density at radius 2 is 2.15 bits per heavy atom. The fourth-order valence-corrected chi connectivity index (χ4v) is 2.01. The second-order valence-corrected chi connectivity index (χ2v) is 4.81. The van der Waals surface area contributed by atoms with E-state index in [-0.39, 0.29) is 11.4 Å². The Morgan fingerprint density at radius 1 is 1.35 bits per heavy atom. The molecule has 0 radical (unpaired) electrons. The fraction of sp³-hybridized carbons (Fsp3) is 0.286. The van der Waals surface area contributed by atoms with Crippen LogP contribution in [0.3, 0.4) is 0 Å². The maximum atomic E-state index is 11.1. The number of aryl methyl sites for hydroxylation is 1. The lowest BCUT2D eigenvalue weighted by Gasteiger charge is -2.07. The highest BCUT2D eigenvalue weighted by Crippen LogP contribution is 2.39. The number of hydrogen-bond acceptors (Lipinski definition) is 5. The SMILES string of the molecule is Cc1cccc(Oc2ccnc(C3CC3)n2)c1[N+](=O)[O-]. The van der Waals surface area contributed by atoms with Gasteiger partial charge in [-0.1, -0.05) is 12.1 Å². The van der Waals surface area contributed by atoms with Gasteiger partial charge in [-0.3, -0.25) is 10.1 Å². The number of rotatable bonds is 4. The third kappa shape index (κ3) is 2.45. The van der Waals surface area contributed by atoms with Gasteiger partial charge in [-0.25, -0.2) is 4.98 Å². The number of aromatic nitrogens is 2. The molecule has 0 amide bonds. The van der Waals surface area contributed by atoms with Gasteiger partial charge in [0.05, 0.1) is 4.92 Å². The Hall–Kier alpha value is -2.50. The molecule has 1 aliphatic carbocycles. The highest BCUT2D eigenvalue weighted by Gasteiger charge is 2.27. The summed E-state index contributed by atoms with van der Waals surface area (Å²) < 4.78 is 5.58. The van der Waals surface area contributed by atoms with E-state index < -0.39 is 4.92 Å². The molecule has 6 heteroatoms. The number of benzene rings is 1. The quantitative estimate of drug-likeness (QED) is 0.629. The molecule has 0 aliphatic heterocycles. The Morgan fingerprint density at radius 3 is 2.85 bits per heavy atom. The first-order chi connectivity index (χ1) is 9.65. The van der Waals surface area contributed by atoms with Crippen LogP contribution in [0.15, 0.2) is 30.5 Å². The van der Waals surface area contributed by atoms with Crippen molar-refractivity contribution >= 4 is 5.69 Å². The van der Waals surface area contributed by atoms with Crippen molar-refractivity contribution in [1.29, 1.82) is 0 Å². The van der Waals surface area contributed by atoms with Crippen molar-refractivity contribution in [2.24, 2.45) is 0 Å². The van der Waals surface area contributed by atoms with E-state index in [0.717, 1.165) is 18.7 Å². The summed E-state index contributed by atoms with van der Waals surface area (Å²) in [6.07, 6.45) is 3.81. The molecule has 102 valence electrons. The minimum atomic E-state index is -0.437. The first kappa shape index (κ1) is 12.5. The molecule has 0 saturated heterocycles. The minimum Gasteiger partial charge on any atom is -0.432 e. The van der Waals surface area contributed by atoms with Crippen LogP contribution in [-0.4, -0.2) is 14.9 Å². The Labute approximate surface area is 115 Å². The van der Waals surface area contributed by atoms with Crippen LogP contribution in [0.5, 0.6) is 11.6 Å². The van der Waals surface area contributed by atoms with Crippen molar-refractivity contribution in [3.05, 3.63) is 52.0 Å². The molecule has 0 spiro atoms. The van der Waals surface area contributed by atoms with Gasteiger partial charge < -0.3 is 4.74 Å². The molecule has 1 heterocycles. The van der Waals surface area contributed by atoms with Crippen LogP contribution < -0.4 is 4.74 Å².